The summed E-state index contributed by atoms with van der Waals surface area (Å²) >= 11 is 0. The fourth-order valence-electron chi connectivity index (χ4n) is 2.90. The van der Waals surface area contributed by atoms with Gasteiger partial charge in [-0.15, -0.1) is 0 Å². The second kappa shape index (κ2) is 7.12. The van der Waals surface area contributed by atoms with Crippen molar-refractivity contribution in [3.05, 3.63) is 66.2 Å². The van der Waals surface area contributed by atoms with E-state index in [2.05, 4.69) is 17.0 Å². The normalized spacial score (nSPS) is 18.0. The lowest BCUT2D eigenvalue weighted by Gasteiger charge is -2.34. The molecule has 3 rings (SSSR count). The number of piperidine rings is 1. The van der Waals surface area contributed by atoms with Gasteiger partial charge in [0.15, 0.2) is 0 Å². The number of hydrogen-bond acceptors (Lipinski definition) is 3. The third-order valence-corrected chi connectivity index (χ3v) is 3.99. The van der Waals surface area contributed by atoms with Crippen molar-refractivity contribution in [3.63, 3.8) is 0 Å². The zero-order chi connectivity index (χ0) is 15.2. The maximum atomic E-state index is 12.1. The van der Waals surface area contributed by atoms with Crippen LogP contribution in [0.3, 0.4) is 0 Å². The molecule has 1 aliphatic heterocycles. The van der Waals surface area contributed by atoms with Crippen LogP contribution in [0.1, 0.15) is 18.4 Å². The van der Waals surface area contributed by atoms with Gasteiger partial charge in [0.1, 0.15) is 6.10 Å². The molecule has 1 heterocycles. The van der Waals surface area contributed by atoms with Crippen LogP contribution >= 0.6 is 0 Å². The zero-order valence-corrected chi connectivity index (χ0v) is 12.7. The zero-order valence-electron chi connectivity index (χ0n) is 12.7. The molecular formula is C19H21NO2. The molecule has 22 heavy (non-hydrogen) atoms. The Morgan fingerprint density at radius 3 is 2.45 bits per heavy atom. The van der Waals surface area contributed by atoms with E-state index in [0.29, 0.717) is 6.42 Å². The van der Waals surface area contributed by atoms with Crippen molar-refractivity contribution in [2.75, 3.05) is 18.0 Å². The Hall–Kier alpha value is -2.29. The van der Waals surface area contributed by atoms with Gasteiger partial charge in [-0.05, 0) is 30.5 Å². The number of hydrogen-bond donors (Lipinski definition) is 0. The fraction of sp³-hybridized carbons (Fsp3) is 0.316. The minimum absolute atomic E-state index is 0.00910. The lowest BCUT2D eigenvalue weighted by atomic mass is 10.1. The number of nitrogens with zero attached hydrogens (tertiary/aromatic N) is 1. The molecule has 0 radical (unpaired) electrons. The van der Waals surface area contributed by atoms with Gasteiger partial charge in [-0.25, -0.2) is 0 Å². The standard InChI is InChI=1S/C19H21NO2/c21-19(14-16-8-3-1-4-9-16)22-18-12-7-13-20(15-18)17-10-5-2-6-11-17/h1-6,8-11,18H,7,12-15H2. The van der Waals surface area contributed by atoms with Crippen LogP contribution in [0.5, 0.6) is 0 Å². The Kier molecular flexibility index (Phi) is 4.74. The summed E-state index contributed by atoms with van der Waals surface area (Å²) in [5, 5.41) is 0. The van der Waals surface area contributed by atoms with E-state index in [1.54, 1.807) is 0 Å². The first-order valence-electron chi connectivity index (χ1n) is 7.84. The highest BCUT2D eigenvalue weighted by Gasteiger charge is 2.23. The number of esters is 1. The molecule has 0 N–H and O–H groups in total. The minimum atomic E-state index is -0.133. The molecule has 0 aliphatic carbocycles. The highest BCUT2D eigenvalue weighted by atomic mass is 16.5. The van der Waals surface area contributed by atoms with Gasteiger partial charge in [0.2, 0.25) is 0 Å². The van der Waals surface area contributed by atoms with Crippen molar-refractivity contribution in [1.29, 1.82) is 0 Å². The molecule has 1 atom stereocenters. The molecule has 2 aromatic rings. The summed E-state index contributed by atoms with van der Waals surface area (Å²) in [5.41, 5.74) is 2.20. The Labute approximate surface area is 131 Å². The molecule has 0 saturated carbocycles. The monoisotopic (exact) mass is 295 g/mol. The molecule has 1 fully saturated rings. The summed E-state index contributed by atoms with van der Waals surface area (Å²) in [6.07, 6.45) is 2.34. The van der Waals surface area contributed by atoms with Gasteiger partial charge in [0.05, 0.1) is 13.0 Å². The molecule has 0 aromatic heterocycles. The molecule has 114 valence electrons. The Balaban J connectivity index is 1.55. The van der Waals surface area contributed by atoms with Crippen LogP contribution in [0.2, 0.25) is 0 Å². The van der Waals surface area contributed by atoms with E-state index >= 15 is 0 Å². The summed E-state index contributed by atoms with van der Waals surface area (Å²) in [6, 6.07) is 20.1. The van der Waals surface area contributed by atoms with Crippen LogP contribution in [0.15, 0.2) is 60.7 Å². The summed E-state index contributed by atoms with van der Waals surface area (Å²) in [5.74, 6) is -0.133. The van der Waals surface area contributed by atoms with E-state index in [0.717, 1.165) is 31.5 Å². The molecule has 3 heteroatoms. The largest absolute Gasteiger partial charge is 0.460 e. The number of carbonyl (C=O) groups excluding carboxylic acids is 1. The van der Waals surface area contributed by atoms with Gasteiger partial charge >= 0.3 is 5.97 Å². The lowest BCUT2D eigenvalue weighted by molar-refractivity contribution is -0.148. The van der Waals surface area contributed by atoms with E-state index in [9.17, 15) is 4.79 Å². The van der Waals surface area contributed by atoms with Crippen LogP contribution in [0.25, 0.3) is 0 Å². The van der Waals surface area contributed by atoms with Crippen LogP contribution in [-0.2, 0) is 16.0 Å². The SMILES string of the molecule is O=C(Cc1ccccc1)OC1CCCN(c2ccccc2)C1. The second-order valence-corrected chi connectivity index (χ2v) is 5.70. The highest BCUT2D eigenvalue weighted by molar-refractivity contribution is 5.72. The van der Waals surface area contributed by atoms with Crippen LogP contribution in [-0.4, -0.2) is 25.2 Å². The Morgan fingerprint density at radius 1 is 1.05 bits per heavy atom. The van der Waals surface area contributed by atoms with E-state index in [1.165, 1.54) is 5.69 Å². The topological polar surface area (TPSA) is 29.5 Å². The molecule has 1 aliphatic rings. The second-order valence-electron chi connectivity index (χ2n) is 5.70. The predicted octanol–water partition coefficient (Wildman–Crippen LogP) is 3.44. The maximum Gasteiger partial charge on any atom is 0.310 e. The van der Waals surface area contributed by atoms with E-state index in [-0.39, 0.29) is 12.1 Å². The van der Waals surface area contributed by atoms with Crippen molar-refractivity contribution in [1.82, 2.24) is 0 Å². The van der Waals surface area contributed by atoms with E-state index in [4.69, 9.17) is 4.74 Å². The number of benzene rings is 2. The van der Waals surface area contributed by atoms with E-state index < -0.39 is 0 Å². The first-order chi connectivity index (χ1) is 10.8. The van der Waals surface area contributed by atoms with Gasteiger partial charge < -0.3 is 9.64 Å². The third kappa shape index (κ3) is 3.88. The molecule has 2 aromatic carbocycles. The summed E-state index contributed by atoms with van der Waals surface area (Å²) in [7, 11) is 0. The Bertz CT molecular complexity index is 597. The quantitative estimate of drug-likeness (QED) is 0.809. The van der Waals surface area contributed by atoms with Crippen molar-refractivity contribution >= 4 is 11.7 Å². The third-order valence-electron chi connectivity index (χ3n) is 3.99. The van der Waals surface area contributed by atoms with Gasteiger partial charge in [-0.1, -0.05) is 48.5 Å². The lowest BCUT2D eigenvalue weighted by Crippen LogP contribution is -2.40. The molecular weight excluding hydrogens is 274 g/mol. The van der Waals surface area contributed by atoms with Gasteiger partial charge in [0.25, 0.3) is 0 Å². The van der Waals surface area contributed by atoms with Crippen LogP contribution in [0, 0.1) is 0 Å². The first-order valence-corrected chi connectivity index (χ1v) is 7.84. The van der Waals surface area contributed by atoms with Crippen LogP contribution < -0.4 is 4.90 Å². The fourth-order valence-corrected chi connectivity index (χ4v) is 2.90. The average Bonchev–Trinajstić information content (AvgIpc) is 2.57. The van der Waals surface area contributed by atoms with Gasteiger partial charge in [-0.3, -0.25) is 4.79 Å². The summed E-state index contributed by atoms with van der Waals surface area (Å²) in [4.78, 5) is 14.4. The van der Waals surface area contributed by atoms with E-state index in [1.807, 2.05) is 48.5 Å². The Morgan fingerprint density at radius 2 is 1.73 bits per heavy atom. The van der Waals surface area contributed by atoms with Crippen molar-refractivity contribution in [2.45, 2.75) is 25.4 Å². The van der Waals surface area contributed by atoms with Crippen molar-refractivity contribution < 1.29 is 9.53 Å². The van der Waals surface area contributed by atoms with Crippen molar-refractivity contribution in [2.24, 2.45) is 0 Å². The first kappa shape index (κ1) is 14.6. The van der Waals surface area contributed by atoms with Crippen LogP contribution in [0.4, 0.5) is 5.69 Å². The highest BCUT2D eigenvalue weighted by Crippen LogP contribution is 2.21. The number of ether oxygens (including phenoxy) is 1. The number of para-hydroxylation sites is 1. The molecule has 3 nitrogen and oxygen atoms in total. The molecule has 0 bridgehead atoms. The maximum absolute atomic E-state index is 12.1. The summed E-state index contributed by atoms with van der Waals surface area (Å²) in [6.45, 7) is 1.81. The van der Waals surface area contributed by atoms with Crippen molar-refractivity contribution in [3.8, 4) is 0 Å². The van der Waals surface area contributed by atoms with Gasteiger partial charge in [0, 0.05) is 12.2 Å². The smallest absolute Gasteiger partial charge is 0.310 e. The minimum Gasteiger partial charge on any atom is -0.460 e. The number of rotatable bonds is 4. The number of anilines is 1. The molecule has 1 unspecified atom stereocenters. The number of carbonyl (C=O) groups is 1. The molecule has 1 saturated heterocycles. The molecule has 0 amide bonds. The average molecular weight is 295 g/mol. The predicted molar refractivity (Wildman–Crippen MR) is 87.9 cm³/mol. The summed E-state index contributed by atoms with van der Waals surface area (Å²) < 4.78 is 5.67. The van der Waals surface area contributed by atoms with Gasteiger partial charge in [-0.2, -0.15) is 0 Å². The molecule has 0 spiro atoms.